The Hall–Kier alpha value is -0.830. The molecule has 0 radical (unpaired) electrons. The molecular formula is C21H38O3. The number of rotatable bonds is 13. The van der Waals surface area contributed by atoms with Crippen LogP contribution in [0.15, 0.2) is 12.2 Å². The molecule has 3 nitrogen and oxygen atoms in total. The average Bonchev–Trinajstić information content (AvgIpc) is 2.86. The highest BCUT2D eigenvalue weighted by atomic mass is 16.4. The van der Waals surface area contributed by atoms with Gasteiger partial charge in [-0.05, 0) is 69.6 Å². The highest BCUT2D eigenvalue weighted by Crippen LogP contribution is 2.40. The van der Waals surface area contributed by atoms with Gasteiger partial charge < -0.3 is 10.2 Å². The fourth-order valence-electron chi connectivity index (χ4n) is 4.03. The maximum Gasteiger partial charge on any atom is 0.303 e. The van der Waals surface area contributed by atoms with Crippen LogP contribution in [0, 0.1) is 17.8 Å². The maximum absolute atomic E-state index is 10.5. The van der Waals surface area contributed by atoms with Crippen LogP contribution in [0.2, 0.25) is 0 Å². The molecule has 3 unspecified atom stereocenters. The second-order valence-corrected chi connectivity index (χ2v) is 7.79. The predicted molar refractivity (Wildman–Crippen MR) is 100 cm³/mol. The van der Waals surface area contributed by atoms with Crippen molar-refractivity contribution in [1.29, 1.82) is 0 Å². The number of aliphatic carboxylic acids is 1. The lowest BCUT2D eigenvalue weighted by atomic mass is 9.85. The summed E-state index contributed by atoms with van der Waals surface area (Å²) >= 11 is 0. The Morgan fingerprint density at radius 3 is 2.58 bits per heavy atom. The van der Waals surface area contributed by atoms with E-state index in [1.807, 2.05) is 6.92 Å². The number of aliphatic hydroxyl groups excluding tert-OH is 1. The number of aliphatic hydroxyl groups is 1. The molecule has 1 aliphatic rings. The van der Waals surface area contributed by atoms with E-state index in [9.17, 15) is 9.90 Å². The first kappa shape index (κ1) is 21.2. The molecule has 2 N–H and O–H groups in total. The second kappa shape index (κ2) is 12.5. The predicted octanol–water partition coefficient (Wildman–Crippen LogP) is 5.57. The zero-order valence-corrected chi connectivity index (χ0v) is 15.8. The van der Waals surface area contributed by atoms with Crippen LogP contribution in [0.1, 0.15) is 90.9 Å². The van der Waals surface area contributed by atoms with E-state index < -0.39 is 5.97 Å². The van der Waals surface area contributed by atoms with Crippen LogP contribution in [0.25, 0.3) is 0 Å². The summed E-state index contributed by atoms with van der Waals surface area (Å²) in [6, 6.07) is 0. The second-order valence-electron chi connectivity index (χ2n) is 7.79. The molecule has 4 atom stereocenters. The van der Waals surface area contributed by atoms with Gasteiger partial charge in [0.05, 0.1) is 6.10 Å². The molecule has 0 aromatic heterocycles. The van der Waals surface area contributed by atoms with Gasteiger partial charge in [0.15, 0.2) is 0 Å². The largest absolute Gasteiger partial charge is 0.481 e. The van der Waals surface area contributed by atoms with E-state index in [0.29, 0.717) is 6.42 Å². The molecule has 0 saturated heterocycles. The van der Waals surface area contributed by atoms with Gasteiger partial charge in [-0.25, -0.2) is 0 Å². The van der Waals surface area contributed by atoms with E-state index in [4.69, 9.17) is 5.11 Å². The van der Waals surface area contributed by atoms with Crippen LogP contribution < -0.4 is 0 Å². The van der Waals surface area contributed by atoms with Crippen molar-refractivity contribution in [2.45, 2.75) is 97.0 Å². The first-order valence-electron chi connectivity index (χ1n) is 10.1. The zero-order valence-electron chi connectivity index (χ0n) is 15.8. The molecule has 0 spiro atoms. The van der Waals surface area contributed by atoms with Gasteiger partial charge in [-0.3, -0.25) is 4.79 Å². The fourth-order valence-corrected chi connectivity index (χ4v) is 4.03. The molecule has 24 heavy (non-hydrogen) atoms. The van der Waals surface area contributed by atoms with Crippen molar-refractivity contribution >= 4 is 5.97 Å². The summed E-state index contributed by atoms with van der Waals surface area (Å²) in [5.41, 5.74) is 0. The van der Waals surface area contributed by atoms with E-state index >= 15 is 0 Å². The zero-order chi connectivity index (χ0) is 17.8. The monoisotopic (exact) mass is 338 g/mol. The summed E-state index contributed by atoms with van der Waals surface area (Å²) in [6.45, 7) is 4.26. The fraction of sp³-hybridized carbons (Fsp3) is 0.857. The lowest BCUT2D eigenvalue weighted by molar-refractivity contribution is -0.137. The van der Waals surface area contributed by atoms with Gasteiger partial charge in [0.2, 0.25) is 0 Å². The molecule has 0 amide bonds. The van der Waals surface area contributed by atoms with Crippen LogP contribution in [0.4, 0.5) is 0 Å². The van der Waals surface area contributed by atoms with Gasteiger partial charge in [-0.2, -0.15) is 0 Å². The highest BCUT2D eigenvalue weighted by Gasteiger charge is 2.30. The van der Waals surface area contributed by atoms with Crippen LogP contribution >= 0.6 is 0 Å². The lowest BCUT2D eigenvalue weighted by Gasteiger charge is -2.20. The Labute approximate surface area is 148 Å². The van der Waals surface area contributed by atoms with Crippen molar-refractivity contribution in [2.75, 3.05) is 0 Å². The topological polar surface area (TPSA) is 57.5 Å². The van der Waals surface area contributed by atoms with E-state index in [2.05, 4.69) is 19.1 Å². The molecule has 1 saturated carbocycles. The van der Waals surface area contributed by atoms with Crippen LogP contribution in [0.5, 0.6) is 0 Å². The molecule has 0 bridgehead atoms. The lowest BCUT2D eigenvalue weighted by Crippen LogP contribution is -2.11. The molecule has 1 aliphatic carbocycles. The minimum atomic E-state index is -0.668. The first-order chi connectivity index (χ1) is 11.5. The normalized spacial score (nSPS) is 25.4. The third-order valence-electron chi connectivity index (χ3n) is 5.54. The van der Waals surface area contributed by atoms with Gasteiger partial charge in [-0.1, -0.05) is 44.8 Å². The van der Waals surface area contributed by atoms with E-state index in [-0.39, 0.29) is 6.10 Å². The summed E-state index contributed by atoms with van der Waals surface area (Å²) in [5.74, 6) is 1.72. The first-order valence-corrected chi connectivity index (χ1v) is 10.1. The van der Waals surface area contributed by atoms with Crippen molar-refractivity contribution in [3.8, 4) is 0 Å². The molecule has 1 fully saturated rings. The molecule has 3 heteroatoms. The summed E-state index contributed by atoms with van der Waals surface area (Å²) in [7, 11) is 0. The number of hydrogen-bond acceptors (Lipinski definition) is 2. The van der Waals surface area contributed by atoms with Crippen molar-refractivity contribution in [2.24, 2.45) is 17.8 Å². The average molecular weight is 339 g/mol. The Balaban J connectivity index is 2.18. The van der Waals surface area contributed by atoms with Crippen LogP contribution in [0.3, 0.4) is 0 Å². The van der Waals surface area contributed by atoms with Gasteiger partial charge in [0.1, 0.15) is 0 Å². The number of hydrogen-bond donors (Lipinski definition) is 2. The van der Waals surface area contributed by atoms with E-state index in [1.165, 1.54) is 38.5 Å². The van der Waals surface area contributed by atoms with Gasteiger partial charge in [-0.15, -0.1) is 0 Å². The Morgan fingerprint density at radius 2 is 1.88 bits per heavy atom. The number of unbranched alkanes of at least 4 members (excludes halogenated alkanes) is 5. The standard InChI is InChI=1S/C21H38O3/c1-17-15-16-19(12-8-4-3-7-11-18(2)22)20(17)13-9-5-6-10-14-21(23)24/h8,12,17-20,22H,3-7,9-11,13-16H2,1-2H3,(H,23,24)/b12-8+/t17?,18?,19?,20-/m0/s1. The minimum absolute atomic E-state index is 0.162. The Kier molecular flexibility index (Phi) is 11.1. The van der Waals surface area contributed by atoms with Crippen molar-refractivity contribution < 1.29 is 15.0 Å². The Bertz CT molecular complexity index is 362. The molecular weight excluding hydrogens is 300 g/mol. The SMILES string of the molecule is CC(O)CCCC/C=C/C1CCC(C)[C@@H]1CCCCCCC(=O)O. The third-order valence-corrected chi connectivity index (χ3v) is 5.54. The summed E-state index contributed by atoms with van der Waals surface area (Å²) < 4.78 is 0. The summed E-state index contributed by atoms with van der Waals surface area (Å²) in [4.78, 5) is 10.5. The quantitative estimate of drug-likeness (QED) is 0.341. The van der Waals surface area contributed by atoms with Gasteiger partial charge >= 0.3 is 5.97 Å². The van der Waals surface area contributed by atoms with Crippen LogP contribution in [-0.4, -0.2) is 22.3 Å². The third kappa shape index (κ3) is 9.46. The van der Waals surface area contributed by atoms with E-state index in [1.54, 1.807) is 0 Å². The van der Waals surface area contributed by atoms with E-state index in [0.717, 1.165) is 49.9 Å². The molecule has 140 valence electrons. The van der Waals surface area contributed by atoms with Gasteiger partial charge in [0.25, 0.3) is 0 Å². The van der Waals surface area contributed by atoms with Crippen molar-refractivity contribution in [3.63, 3.8) is 0 Å². The maximum atomic E-state index is 10.5. The molecule has 0 aromatic carbocycles. The van der Waals surface area contributed by atoms with Crippen molar-refractivity contribution in [3.05, 3.63) is 12.2 Å². The summed E-state index contributed by atoms with van der Waals surface area (Å²) in [5, 5.41) is 17.9. The van der Waals surface area contributed by atoms with Crippen LogP contribution in [-0.2, 0) is 4.79 Å². The number of allylic oxidation sites excluding steroid dienone is 2. The molecule has 1 rings (SSSR count). The molecule has 0 aliphatic heterocycles. The number of carboxylic acids is 1. The summed E-state index contributed by atoms with van der Waals surface area (Å²) in [6.07, 6.45) is 17.6. The number of carboxylic acid groups (broad SMARTS) is 1. The van der Waals surface area contributed by atoms with Gasteiger partial charge in [0, 0.05) is 6.42 Å². The molecule has 0 heterocycles. The number of carbonyl (C=O) groups is 1. The molecule has 0 aromatic rings. The smallest absolute Gasteiger partial charge is 0.303 e. The highest BCUT2D eigenvalue weighted by molar-refractivity contribution is 5.66. The minimum Gasteiger partial charge on any atom is -0.481 e. The Morgan fingerprint density at radius 1 is 1.12 bits per heavy atom. The van der Waals surface area contributed by atoms with Crippen molar-refractivity contribution in [1.82, 2.24) is 0 Å².